The smallest absolute Gasteiger partial charge is 0.272 e. The molecule has 150 valence electrons. The largest absolute Gasteiger partial charge is 0.379 e. The molecule has 2 aromatic rings. The van der Waals surface area contributed by atoms with Gasteiger partial charge < -0.3 is 10.1 Å². The first-order chi connectivity index (χ1) is 13.7. The zero-order chi connectivity index (χ0) is 19.4. The molecule has 0 atom stereocenters. The molecule has 0 spiro atoms. The minimum Gasteiger partial charge on any atom is -0.379 e. The quantitative estimate of drug-likeness (QED) is 0.818. The monoisotopic (exact) mass is 384 g/mol. The number of carbonyl (C=O) groups excluding carboxylic acids is 1. The summed E-state index contributed by atoms with van der Waals surface area (Å²) in [5.41, 5.74) is 0.419. The van der Waals surface area contributed by atoms with E-state index in [0.717, 1.165) is 44.5 Å². The summed E-state index contributed by atoms with van der Waals surface area (Å²) < 4.78 is 5.52. The number of hydrogen-bond acceptors (Lipinski definition) is 5. The molecule has 2 fully saturated rings. The Balaban J connectivity index is 1.46. The zero-order valence-corrected chi connectivity index (χ0v) is 16.2. The van der Waals surface area contributed by atoms with Crippen molar-refractivity contribution >= 4 is 16.7 Å². The number of fused-ring (bicyclic) bond motifs is 1. The third-order valence-corrected chi connectivity index (χ3v) is 6.18. The van der Waals surface area contributed by atoms with Gasteiger partial charge in [0.05, 0.1) is 30.7 Å². The normalized spacial score (nSPS) is 20.1. The van der Waals surface area contributed by atoms with Gasteiger partial charge in [0.15, 0.2) is 0 Å². The number of nitrogens with one attached hydrogen (secondary N) is 2. The van der Waals surface area contributed by atoms with Crippen LogP contribution in [0.2, 0.25) is 0 Å². The van der Waals surface area contributed by atoms with Crippen LogP contribution in [0.3, 0.4) is 0 Å². The molecule has 1 aliphatic heterocycles. The summed E-state index contributed by atoms with van der Waals surface area (Å²) in [5.74, 6) is -0.0529. The van der Waals surface area contributed by atoms with Crippen LogP contribution in [-0.4, -0.2) is 59.4 Å². The lowest BCUT2D eigenvalue weighted by molar-refractivity contribution is -0.121. The predicted molar refractivity (Wildman–Crippen MR) is 107 cm³/mol. The molecule has 1 amide bonds. The Hall–Kier alpha value is -2.25. The van der Waals surface area contributed by atoms with E-state index in [9.17, 15) is 9.59 Å². The van der Waals surface area contributed by atoms with Crippen LogP contribution < -0.4 is 10.9 Å². The van der Waals surface area contributed by atoms with Crippen molar-refractivity contribution in [3.63, 3.8) is 0 Å². The summed E-state index contributed by atoms with van der Waals surface area (Å²) in [6.07, 6.45) is 6.09. The number of aromatic nitrogens is 2. The molecule has 28 heavy (non-hydrogen) atoms. The van der Waals surface area contributed by atoms with Gasteiger partial charge in [-0.15, -0.1) is 0 Å². The Morgan fingerprint density at radius 2 is 1.86 bits per heavy atom. The SMILES string of the molecule is O=C(Cc1n[nH]c(=O)c2ccccc12)NCC1(N2CCOCC2)CCCCC1. The van der Waals surface area contributed by atoms with Crippen LogP contribution in [0, 0.1) is 0 Å². The topological polar surface area (TPSA) is 87.3 Å². The van der Waals surface area contributed by atoms with Crippen LogP contribution >= 0.6 is 0 Å². The molecule has 7 heteroatoms. The van der Waals surface area contributed by atoms with Crippen molar-refractivity contribution in [3.05, 3.63) is 40.3 Å². The van der Waals surface area contributed by atoms with Crippen LogP contribution in [0.15, 0.2) is 29.1 Å². The average molecular weight is 384 g/mol. The van der Waals surface area contributed by atoms with Crippen LogP contribution in [0.4, 0.5) is 0 Å². The second kappa shape index (κ2) is 8.41. The molecule has 2 N–H and O–H groups in total. The number of hydrogen-bond donors (Lipinski definition) is 2. The van der Waals surface area contributed by atoms with Crippen molar-refractivity contribution in [1.82, 2.24) is 20.4 Å². The zero-order valence-electron chi connectivity index (χ0n) is 16.2. The lowest BCUT2D eigenvalue weighted by atomic mass is 9.79. The lowest BCUT2D eigenvalue weighted by Gasteiger charge is -2.48. The third kappa shape index (κ3) is 3.95. The maximum absolute atomic E-state index is 12.7. The van der Waals surface area contributed by atoms with Crippen LogP contribution in [0.1, 0.15) is 37.8 Å². The van der Waals surface area contributed by atoms with E-state index in [4.69, 9.17) is 4.74 Å². The molecule has 0 bridgehead atoms. The van der Waals surface area contributed by atoms with E-state index in [-0.39, 0.29) is 23.4 Å². The number of ether oxygens (including phenoxy) is 1. The first-order valence-corrected chi connectivity index (χ1v) is 10.2. The van der Waals surface area contributed by atoms with E-state index in [2.05, 4.69) is 20.4 Å². The minimum atomic E-state index is -0.228. The Kier molecular flexibility index (Phi) is 5.73. The Bertz CT molecular complexity index is 883. The molecule has 1 saturated carbocycles. The Morgan fingerprint density at radius 3 is 2.61 bits per heavy atom. The second-order valence-corrected chi connectivity index (χ2v) is 7.88. The lowest BCUT2D eigenvalue weighted by Crippen LogP contribution is -2.59. The molecule has 1 aliphatic carbocycles. The molecule has 1 aromatic carbocycles. The van der Waals surface area contributed by atoms with Crippen molar-refractivity contribution in [2.75, 3.05) is 32.8 Å². The van der Waals surface area contributed by atoms with E-state index in [1.165, 1.54) is 19.3 Å². The van der Waals surface area contributed by atoms with Crippen molar-refractivity contribution in [2.24, 2.45) is 0 Å². The van der Waals surface area contributed by atoms with Crippen LogP contribution in [0.25, 0.3) is 10.8 Å². The van der Waals surface area contributed by atoms with E-state index in [0.29, 0.717) is 17.6 Å². The molecule has 4 rings (SSSR count). The molecule has 2 heterocycles. The van der Waals surface area contributed by atoms with Crippen molar-refractivity contribution in [2.45, 2.75) is 44.1 Å². The fourth-order valence-electron chi connectivity index (χ4n) is 4.64. The van der Waals surface area contributed by atoms with Crippen LogP contribution in [0.5, 0.6) is 0 Å². The van der Waals surface area contributed by atoms with Crippen molar-refractivity contribution < 1.29 is 9.53 Å². The van der Waals surface area contributed by atoms with Crippen LogP contribution in [-0.2, 0) is 16.0 Å². The average Bonchev–Trinajstić information content (AvgIpc) is 2.76. The highest BCUT2D eigenvalue weighted by atomic mass is 16.5. The summed E-state index contributed by atoms with van der Waals surface area (Å²) in [5, 5.41) is 11.1. The third-order valence-electron chi connectivity index (χ3n) is 6.18. The maximum atomic E-state index is 12.7. The number of morpholine rings is 1. The number of aromatic amines is 1. The van der Waals surface area contributed by atoms with E-state index in [1.807, 2.05) is 18.2 Å². The molecular formula is C21H28N4O3. The van der Waals surface area contributed by atoms with Gasteiger partial charge in [-0.3, -0.25) is 14.5 Å². The van der Waals surface area contributed by atoms with E-state index < -0.39 is 0 Å². The number of H-pyrrole nitrogens is 1. The van der Waals surface area contributed by atoms with Gasteiger partial charge in [0.2, 0.25) is 5.91 Å². The van der Waals surface area contributed by atoms with Crippen molar-refractivity contribution in [3.8, 4) is 0 Å². The standard InChI is InChI=1S/C21H28N4O3/c26-19(14-18-16-6-2-3-7-17(16)20(27)24-23-18)22-15-21(8-4-1-5-9-21)25-10-12-28-13-11-25/h2-3,6-7H,1,4-5,8-15H2,(H,22,26)(H,24,27). The maximum Gasteiger partial charge on any atom is 0.272 e. The summed E-state index contributed by atoms with van der Waals surface area (Å²) in [6.45, 7) is 4.06. The number of nitrogens with zero attached hydrogens (tertiary/aromatic N) is 2. The molecule has 1 saturated heterocycles. The van der Waals surface area contributed by atoms with Gasteiger partial charge in [-0.25, -0.2) is 5.10 Å². The molecule has 1 aromatic heterocycles. The molecule has 2 aliphatic rings. The van der Waals surface area contributed by atoms with Gasteiger partial charge >= 0.3 is 0 Å². The fraction of sp³-hybridized carbons (Fsp3) is 0.571. The Labute approximate surface area is 164 Å². The first-order valence-electron chi connectivity index (χ1n) is 10.2. The number of benzene rings is 1. The molecule has 7 nitrogen and oxygen atoms in total. The van der Waals surface area contributed by atoms with Gasteiger partial charge in [-0.1, -0.05) is 37.5 Å². The Morgan fingerprint density at radius 1 is 1.14 bits per heavy atom. The fourth-order valence-corrected chi connectivity index (χ4v) is 4.64. The minimum absolute atomic E-state index is 0.0399. The first kappa shape index (κ1) is 19.1. The van der Waals surface area contributed by atoms with Crippen molar-refractivity contribution in [1.29, 1.82) is 0 Å². The van der Waals surface area contributed by atoms with Gasteiger partial charge in [-0.2, -0.15) is 5.10 Å². The summed E-state index contributed by atoms with van der Waals surface area (Å²) in [6, 6.07) is 7.28. The number of rotatable bonds is 5. The highest BCUT2D eigenvalue weighted by Gasteiger charge is 2.38. The molecular weight excluding hydrogens is 356 g/mol. The summed E-state index contributed by atoms with van der Waals surface area (Å²) in [7, 11) is 0. The summed E-state index contributed by atoms with van der Waals surface area (Å²) >= 11 is 0. The number of carbonyl (C=O) groups is 1. The van der Waals surface area contributed by atoms with E-state index in [1.54, 1.807) is 6.07 Å². The highest BCUT2D eigenvalue weighted by Crippen LogP contribution is 2.33. The van der Waals surface area contributed by atoms with Gasteiger partial charge in [0.25, 0.3) is 5.56 Å². The molecule has 0 unspecified atom stereocenters. The van der Waals surface area contributed by atoms with Gasteiger partial charge in [0, 0.05) is 30.6 Å². The van der Waals surface area contributed by atoms with Gasteiger partial charge in [0.1, 0.15) is 0 Å². The van der Waals surface area contributed by atoms with Gasteiger partial charge in [-0.05, 0) is 18.9 Å². The second-order valence-electron chi connectivity index (χ2n) is 7.88. The predicted octanol–water partition coefficient (Wildman–Crippen LogP) is 1.62. The number of amides is 1. The summed E-state index contributed by atoms with van der Waals surface area (Å²) in [4.78, 5) is 27.2. The van der Waals surface area contributed by atoms with E-state index >= 15 is 0 Å². The highest BCUT2D eigenvalue weighted by molar-refractivity contribution is 5.88. The molecule has 0 radical (unpaired) electrons.